The molecule has 0 radical (unpaired) electrons. The largest absolute Gasteiger partial charge is 0.391 e. The highest BCUT2D eigenvalue weighted by Crippen LogP contribution is 2.40. The fraction of sp³-hybridized carbons (Fsp3) is 0.308. The Hall–Kier alpha value is -3.46. The van der Waals surface area contributed by atoms with E-state index >= 15 is 0 Å². The molecule has 34 heavy (non-hydrogen) atoms. The lowest BCUT2D eigenvalue weighted by Crippen LogP contribution is -2.38. The Morgan fingerprint density at radius 2 is 1.97 bits per heavy atom. The average molecular weight is 457 g/mol. The molecule has 4 N–H and O–H groups in total. The van der Waals surface area contributed by atoms with E-state index in [9.17, 15) is 10.2 Å². The summed E-state index contributed by atoms with van der Waals surface area (Å²) in [7, 11) is 1.99. The fourth-order valence-electron chi connectivity index (χ4n) is 5.20. The molecule has 2 aliphatic rings. The first-order chi connectivity index (χ1) is 16.6. The second kappa shape index (κ2) is 8.39. The van der Waals surface area contributed by atoms with Gasteiger partial charge < -0.3 is 25.0 Å². The van der Waals surface area contributed by atoms with Gasteiger partial charge in [0.25, 0.3) is 0 Å². The number of nitrogens with one attached hydrogen (secondary N) is 2. The van der Waals surface area contributed by atoms with Gasteiger partial charge in [0, 0.05) is 55.7 Å². The third kappa shape index (κ3) is 3.60. The molecule has 4 aromatic rings. The molecular weight excluding hydrogens is 428 g/mol. The number of hydrogen-bond donors (Lipinski definition) is 4. The molecular formula is C26H28N6O2. The van der Waals surface area contributed by atoms with Crippen LogP contribution in [0.2, 0.25) is 0 Å². The van der Waals surface area contributed by atoms with Crippen molar-refractivity contribution in [3.63, 3.8) is 0 Å². The van der Waals surface area contributed by atoms with Crippen molar-refractivity contribution < 1.29 is 10.2 Å². The van der Waals surface area contributed by atoms with Crippen LogP contribution in [0.1, 0.15) is 30.2 Å². The van der Waals surface area contributed by atoms with Crippen LogP contribution in [0.3, 0.4) is 0 Å². The molecule has 8 nitrogen and oxygen atoms in total. The molecule has 174 valence electrons. The van der Waals surface area contributed by atoms with Gasteiger partial charge in [-0.3, -0.25) is 5.32 Å². The number of rotatable bonds is 4. The summed E-state index contributed by atoms with van der Waals surface area (Å²) in [4.78, 5) is 11.3. The molecule has 1 unspecified atom stereocenters. The van der Waals surface area contributed by atoms with E-state index in [1.54, 1.807) is 0 Å². The molecule has 0 bridgehead atoms. The predicted molar refractivity (Wildman–Crippen MR) is 133 cm³/mol. The van der Waals surface area contributed by atoms with Gasteiger partial charge in [-0.25, -0.2) is 9.97 Å². The maximum atomic E-state index is 10.7. The summed E-state index contributed by atoms with van der Waals surface area (Å²) in [6, 6.07) is 12.2. The summed E-state index contributed by atoms with van der Waals surface area (Å²) in [5, 5.41) is 28.4. The van der Waals surface area contributed by atoms with Crippen LogP contribution in [0.4, 0.5) is 17.2 Å². The minimum atomic E-state index is -0.750. The Kier molecular flexibility index (Phi) is 5.21. The van der Waals surface area contributed by atoms with E-state index in [1.165, 1.54) is 0 Å². The number of aryl methyl sites for hydroxylation is 1. The molecule has 8 heteroatoms. The lowest BCUT2D eigenvalue weighted by Gasteiger charge is -2.31. The smallest absolute Gasteiger partial charge is 0.140 e. The number of fused-ring (bicyclic) bond motifs is 2. The van der Waals surface area contributed by atoms with Crippen molar-refractivity contribution in [1.82, 2.24) is 19.9 Å². The zero-order valence-electron chi connectivity index (χ0n) is 19.1. The van der Waals surface area contributed by atoms with Gasteiger partial charge >= 0.3 is 0 Å². The highest BCUT2D eigenvalue weighted by atomic mass is 16.3. The van der Waals surface area contributed by atoms with Gasteiger partial charge in [0.05, 0.1) is 18.0 Å². The van der Waals surface area contributed by atoms with E-state index in [0.29, 0.717) is 18.9 Å². The topological polar surface area (TPSA) is 98.5 Å². The number of pyridine rings is 2. The van der Waals surface area contributed by atoms with Crippen molar-refractivity contribution in [2.75, 3.05) is 23.3 Å². The molecule has 3 aromatic heterocycles. The van der Waals surface area contributed by atoms with Crippen LogP contribution in [0.25, 0.3) is 22.2 Å². The lowest BCUT2D eigenvalue weighted by atomic mass is 9.94. The standard InChI is InChI=1S/C26H28N6O2/c1-31-12-9-20-19(8-10-27-25(20)31)18-5-6-22(24-21(18)14-29-26(24)34)30-23-7-4-16(13-28-23)32-11-2-3-17(33)15-32/h4-10,12-13,17,26,29,33-34H,2-3,11,14-15H2,1H3,(H,28,30)/t17-,26?/m0/s1. The molecule has 1 fully saturated rings. The summed E-state index contributed by atoms with van der Waals surface area (Å²) in [5.41, 5.74) is 6.91. The monoisotopic (exact) mass is 456 g/mol. The van der Waals surface area contributed by atoms with Crippen LogP contribution in [-0.4, -0.2) is 43.9 Å². The van der Waals surface area contributed by atoms with Crippen molar-refractivity contribution in [2.24, 2.45) is 7.05 Å². The second-order valence-corrected chi connectivity index (χ2v) is 9.13. The fourth-order valence-corrected chi connectivity index (χ4v) is 5.20. The number of benzene rings is 1. The first kappa shape index (κ1) is 21.1. The number of aliphatic hydroxyl groups excluding tert-OH is 2. The van der Waals surface area contributed by atoms with Gasteiger partial charge in [-0.1, -0.05) is 6.07 Å². The summed E-state index contributed by atoms with van der Waals surface area (Å²) < 4.78 is 2.02. The minimum Gasteiger partial charge on any atom is -0.391 e. The SMILES string of the molecule is Cn1ccc2c(-c3ccc(Nc4ccc(N5CCC[C@H](O)C5)cn4)c4c3CNC4O)ccnc21. The van der Waals surface area contributed by atoms with E-state index in [-0.39, 0.29) is 6.10 Å². The second-order valence-electron chi connectivity index (χ2n) is 9.13. The molecule has 5 heterocycles. The van der Waals surface area contributed by atoms with Gasteiger partial charge in [0.15, 0.2) is 0 Å². The van der Waals surface area contributed by atoms with E-state index in [1.807, 2.05) is 54.5 Å². The molecule has 2 aliphatic heterocycles. The lowest BCUT2D eigenvalue weighted by molar-refractivity contribution is 0.152. The number of β-amino-alcohol motifs (C(OH)–C–C–N with tert-alkyl or cyclic N) is 1. The van der Waals surface area contributed by atoms with Crippen molar-refractivity contribution in [3.05, 3.63) is 66.1 Å². The van der Waals surface area contributed by atoms with Crippen LogP contribution in [0, 0.1) is 0 Å². The van der Waals surface area contributed by atoms with Crippen molar-refractivity contribution >= 4 is 28.2 Å². The van der Waals surface area contributed by atoms with Gasteiger partial charge in [-0.15, -0.1) is 0 Å². The number of nitrogens with zero attached hydrogens (tertiary/aromatic N) is 4. The Labute approximate surface area is 197 Å². The number of hydrogen-bond acceptors (Lipinski definition) is 7. The maximum absolute atomic E-state index is 10.7. The normalized spacial score (nSPS) is 20.0. The van der Waals surface area contributed by atoms with Gasteiger partial charge in [0.2, 0.25) is 0 Å². The van der Waals surface area contributed by atoms with Crippen LogP contribution < -0.4 is 15.5 Å². The third-order valence-corrected chi connectivity index (χ3v) is 6.93. The third-order valence-electron chi connectivity index (χ3n) is 6.93. The molecule has 1 saturated heterocycles. The van der Waals surface area contributed by atoms with Gasteiger partial charge in [-0.05, 0) is 59.9 Å². The summed E-state index contributed by atoms with van der Waals surface area (Å²) in [6.45, 7) is 2.16. The van der Waals surface area contributed by atoms with E-state index < -0.39 is 6.23 Å². The van der Waals surface area contributed by atoms with Crippen molar-refractivity contribution in [3.8, 4) is 11.1 Å². The molecule has 0 saturated carbocycles. The van der Waals surface area contributed by atoms with E-state index in [0.717, 1.165) is 64.0 Å². The molecule has 2 atom stereocenters. The molecule has 0 aliphatic carbocycles. The first-order valence-electron chi connectivity index (χ1n) is 11.7. The van der Waals surface area contributed by atoms with Crippen LogP contribution in [-0.2, 0) is 13.6 Å². The Balaban J connectivity index is 1.32. The average Bonchev–Trinajstić information content (AvgIpc) is 3.43. The zero-order valence-corrected chi connectivity index (χ0v) is 19.1. The summed E-state index contributed by atoms with van der Waals surface area (Å²) in [6.07, 6.45) is 6.51. The number of aliphatic hydroxyl groups is 2. The molecule has 6 rings (SSSR count). The van der Waals surface area contributed by atoms with Crippen molar-refractivity contribution in [2.45, 2.75) is 31.7 Å². The highest BCUT2D eigenvalue weighted by Gasteiger charge is 2.27. The predicted octanol–water partition coefficient (Wildman–Crippen LogP) is 3.43. The number of piperidine rings is 1. The minimum absolute atomic E-state index is 0.279. The molecule has 0 amide bonds. The maximum Gasteiger partial charge on any atom is 0.140 e. The first-order valence-corrected chi connectivity index (χ1v) is 11.7. The van der Waals surface area contributed by atoms with Crippen LogP contribution >= 0.6 is 0 Å². The summed E-state index contributed by atoms with van der Waals surface area (Å²) in [5.74, 6) is 0.713. The van der Waals surface area contributed by atoms with E-state index in [4.69, 9.17) is 0 Å². The van der Waals surface area contributed by atoms with Gasteiger partial charge in [0.1, 0.15) is 17.7 Å². The van der Waals surface area contributed by atoms with Gasteiger partial charge in [-0.2, -0.15) is 0 Å². The summed E-state index contributed by atoms with van der Waals surface area (Å²) >= 11 is 0. The quantitative estimate of drug-likeness (QED) is 0.373. The molecule has 0 spiro atoms. The Morgan fingerprint density at radius 3 is 2.79 bits per heavy atom. The Bertz CT molecular complexity index is 1350. The van der Waals surface area contributed by atoms with Crippen LogP contribution in [0.5, 0.6) is 0 Å². The highest BCUT2D eigenvalue weighted by molar-refractivity contribution is 5.95. The number of anilines is 3. The number of aromatic nitrogens is 3. The zero-order chi connectivity index (χ0) is 23.2. The molecule has 1 aromatic carbocycles. The van der Waals surface area contributed by atoms with Crippen molar-refractivity contribution in [1.29, 1.82) is 0 Å². The Morgan fingerprint density at radius 1 is 1.06 bits per heavy atom. The van der Waals surface area contributed by atoms with Crippen LogP contribution in [0.15, 0.2) is 55.0 Å². The van der Waals surface area contributed by atoms with E-state index in [2.05, 4.69) is 37.6 Å².